The number of ether oxygens (including phenoxy) is 3. The average Bonchev–Trinajstić information content (AvgIpc) is 3.23. The van der Waals surface area contributed by atoms with Crippen LogP contribution in [0.25, 0.3) is 0 Å². The van der Waals surface area contributed by atoms with E-state index in [2.05, 4.69) is 0 Å². The van der Waals surface area contributed by atoms with E-state index in [1.807, 2.05) is 25.1 Å². The van der Waals surface area contributed by atoms with Crippen LogP contribution in [0.15, 0.2) is 18.2 Å². The highest BCUT2D eigenvalue weighted by Gasteiger charge is 2.40. The van der Waals surface area contributed by atoms with Crippen molar-refractivity contribution in [3.8, 4) is 11.5 Å². The Morgan fingerprint density at radius 1 is 1.17 bits per heavy atom. The molecule has 1 aromatic rings. The zero-order valence-electron chi connectivity index (χ0n) is 18.1. The smallest absolute Gasteiger partial charge is 0.328 e. The number of likely N-dealkylation sites (tertiary alicyclic amines) is 1. The number of carbonyl (C=O) groups excluding carboxylic acids is 3. The second kappa shape index (κ2) is 9.49. The fourth-order valence-corrected chi connectivity index (χ4v) is 3.64. The number of carbonyl (C=O) groups is 3. The Labute approximate surface area is 177 Å². The zero-order valence-corrected chi connectivity index (χ0v) is 18.1. The summed E-state index contributed by atoms with van der Waals surface area (Å²) in [6.07, 6.45) is 4.13. The molecule has 0 bridgehead atoms. The van der Waals surface area contributed by atoms with Crippen LogP contribution in [0.3, 0.4) is 0 Å². The van der Waals surface area contributed by atoms with Crippen molar-refractivity contribution in [3.63, 3.8) is 0 Å². The van der Waals surface area contributed by atoms with Crippen molar-refractivity contribution in [2.75, 3.05) is 19.9 Å². The molecule has 0 saturated carbocycles. The Morgan fingerprint density at radius 2 is 1.93 bits per heavy atom. The summed E-state index contributed by atoms with van der Waals surface area (Å²) in [6, 6.07) is 5.11. The van der Waals surface area contributed by atoms with Crippen molar-refractivity contribution >= 4 is 17.7 Å². The van der Waals surface area contributed by atoms with Crippen LogP contribution in [0.5, 0.6) is 11.5 Å². The van der Waals surface area contributed by atoms with Crippen molar-refractivity contribution in [2.24, 2.45) is 5.41 Å². The third-order valence-corrected chi connectivity index (χ3v) is 6.02. The Kier molecular flexibility index (Phi) is 7.00. The van der Waals surface area contributed by atoms with E-state index in [-0.39, 0.29) is 13.4 Å². The molecule has 7 nitrogen and oxygen atoms in total. The van der Waals surface area contributed by atoms with Gasteiger partial charge in [-0.2, -0.15) is 0 Å². The molecule has 2 aliphatic heterocycles. The number of nitrogens with zero attached hydrogens (tertiary/aromatic N) is 1. The number of Topliss-reactive ketones (excluding diaryl/α,β-unsaturated/α-hetero) is 1. The molecule has 2 aliphatic rings. The molecular formula is C23H31NO6. The molecule has 1 saturated heterocycles. The molecule has 1 atom stereocenters. The molecule has 0 N–H and O–H groups in total. The minimum atomic E-state index is -0.729. The summed E-state index contributed by atoms with van der Waals surface area (Å²) < 4.78 is 16.1. The average molecular weight is 418 g/mol. The van der Waals surface area contributed by atoms with E-state index < -0.39 is 29.1 Å². The van der Waals surface area contributed by atoms with Crippen LogP contribution in [0.4, 0.5) is 0 Å². The summed E-state index contributed by atoms with van der Waals surface area (Å²) in [6.45, 7) is 6.33. The second-order valence-corrected chi connectivity index (χ2v) is 8.54. The van der Waals surface area contributed by atoms with E-state index in [1.54, 1.807) is 13.8 Å². The largest absolute Gasteiger partial charge is 0.464 e. The van der Waals surface area contributed by atoms with E-state index in [0.29, 0.717) is 25.8 Å². The number of esters is 1. The molecule has 0 unspecified atom stereocenters. The number of ketones is 1. The van der Waals surface area contributed by atoms with Crippen molar-refractivity contribution in [1.82, 2.24) is 4.90 Å². The van der Waals surface area contributed by atoms with E-state index in [0.717, 1.165) is 36.3 Å². The third kappa shape index (κ3) is 4.94. The van der Waals surface area contributed by atoms with Gasteiger partial charge in [-0.1, -0.05) is 26.8 Å². The molecule has 3 rings (SSSR count). The number of benzene rings is 1. The molecule has 1 amide bonds. The number of hydrogen-bond acceptors (Lipinski definition) is 6. The van der Waals surface area contributed by atoms with Gasteiger partial charge in [0.2, 0.25) is 12.6 Å². The maximum atomic E-state index is 12.8. The summed E-state index contributed by atoms with van der Waals surface area (Å²) in [5.41, 5.74) is 0.352. The van der Waals surface area contributed by atoms with Gasteiger partial charge in [-0.25, -0.2) is 4.79 Å². The van der Waals surface area contributed by atoms with Crippen molar-refractivity contribution in [1.29, 1.82) is 0 Å². The van der Waals surface area contributed by atoms with Gasteiger partial charge < -0.3 is 19.1 Å². The fourth-order valence-electron chi connectivity index (χ4n) is 3.64. The third-order valence-electron chi connectivity index (χ3n) is 6.02. The zero-order chi connectivity index (χ0) is 21.7. The molecule has 164 valence electrons. The molecule has 2 heterocycles. The lowest BCUT2D eigenvalue weighted by atomic mass is 9.84. The van der Waals surface area contributed by atoms with E-state index in [1.165, 1.54) is 4.90 Å². The highest BCUT2D eigenvalue weighted by Crippen LogP contribution is 2.32. The van der Waals surface area contributed by atoms with E-state index in [4.69, 9.17) is 14.2 Å². The van der Waals surface area contributed by atoms with Crippen molar-refractivity contribution < 1.29 is 28.6 Å². The summed E-state index contributed by atoms with van der Waals surface area (Å²) in [7, 11) is 0. The molecule has 0 aliphatic carbocycles. The van der Waals surface area contributed by atoms with Gasteiger partial charge in [0.15, 0.2) is 11.5 Å². The molecule has 0 spiro atoms. The van der Waals surface area contributed by atoms with Crippen LogP contribution in [0, 0.1) is 5.41 Å². The lowest BCUT2D eigenvalue weighted by Gasteiger charge is -2.35. The molecule has 1 fully saturated rings. The highest BCUT2D eigenvalue weighted by molar-refractivity contribution is 6.38. The lowest BCUT2D eigenvalue weighted by Crippen LogP contribution is -2.53. The normalized spacial score (nSPS) is 18.2. The Bertz CT molecular complexity index is 803. The Balaban J connectivity index is 1.51. The monoisotopic (exact) mass is 417 g/mol. The predicted octanol–water partition coefficient (Wildman–Crippen LogP) is 3.28. The van der Waals surface area contributed by atoms with Gasteiger partial charge in [-0.15, -0.1) is 0 Å². The fraction of sp³-hybridized carbons (Fsp3) is 0.609. The maximum Gasteiger partial charge on any atom is 0.328 e. The molecular weight excluding hydrogens is 386 g/mol. The van der Waals surface area contributed by atoms with E-state index >= 15 is 0 Å². The SMILES string of the molecule is CCC(C)(C)C(=O)C(=O)N1CCCC[C@H]1C(=O)OCCCc1ccc2c(c1)OCO2. The number of amides is 1. The number of hydrogen-bond donors (Lipinski definition) is 0. The van der Waals surface area contributed by atoms with Crippen molar-refractivity contribution in [3.05, 3.63) is 23.8 Å². The van der Waals surface area contributed by atoms with Gasteiger partial charge in [0.25, 0.3) is 5.91 Å². The van der Waals surface area contributed by atoms with Crippen LogP contribution in [0.2, 0.25) is 0 Å². The number of fused-ring (bicyclic) bond motifs is 1. The second-order valence-electron chi connectivity index (χ2n) is 8.54. The van der Waals surface area contributed by atoms with Crippen molar-refractivity contribution in [2.45, 2.75) is 65.3 Å². The Morgan fingerprint density at radius 3 is 2.70 bits per heavy atom. The maximum absolute atomic E-state index is 12.8. The van der Waals surface area contributed by atoms with Gasteiger partial charge in [0.05, 0.1) is 6.61 Å². The molecule has 30 heavy (non-hydrogen) atoms. The quantitative estimate of drug-likeness (QED) is 0.367. The minimum absolute atomic E-state index is 0.241. The number of aryl methyl sites for hydroxylation is 1. The first-order valence-electron chi connectivity index (χ1n) is 10.7. The van der Waals surface area contributed by atoms with Crippen LogP contribution < -0.4 is 9.47 Å². The summed E-state index contributed by atoms with van der Waals surface area (Å²) in [4.78, 5) is 39.4. The first-order chi connectivity index (χ1) is 14.3. The van der Waals surface area contributed by atoms with Gasteiger partial charge in [0, 0.05) is 12.0 Å². The lowest BCUT2D eigenvalue weighted by molar-refractivity contribution is -0.161. The van der Waals surface area contributed by atoms with E-state index in [9.17, 15) is 14.4 Å². The van der Waals surface area contributed by atoms with Crippen LogP contribution >= 0.6 is 0 Å². The molecule has 0 radical (unpaired) electrons. The molecule has 7 heteroatoms. The van der Waals surface area contributed by atoms with Gasteiger partial charge in [0.1, 0.15) is 6.04 Å². The van der Waals surface area contributed by atoms with Gasteiger partial charge in [-0.05, 0) is 56.2 Å². The van der Waals surface area contributed by atoms with Gasteiger partial charge in [-0.3, -0.25) is 9.59 Å². The Hall–Kier alpha value is -2.57. The molecule has 0 aromatic heterocycles. The predicted molar refractivity (Wildman–Crippen MR) is 110 cm³/mol. The van der Waals surface area contributed by atoms with Crippen LogP contribution in [0.1, 0.15) is 58.4 Å². The molecule has 1 aromatic carbocycles. The van der Waals surface area contributed by atoms with Crippen LogP contribution in [-0.4, -0.2) is 48.5 Å². The first kappa shape index (κ1) is 22.1. The van der Waals surface area contributed by atoms with Crippen LogP contribution in [-0.2, 0) is 25.5 Å². The summed E-state index contributed by atoms with van der Waals surface area (Å²) in [5.74, 6) is 0.0563. The standard InChI is InChI=1S/C23H31NO6/c1-4-23(2,3)20(25)21(26)24-12-6-5-9-17(24)22(27)28-13-7-8-16-10-11-18-19(14-16)30-15-29-18/h10-11,14,17H,4-9,12-13,15H2,1-3H3/t17-/m0/s1. The minimum Gasteiger partial charge on any atom is -0.464 e. The number of piperidine rings is 1. The number of rotatable bonds is 8. The highest BCUT2D eigenvalue weighted by atomic mass is 16.7. The summed E-state index contributed by atoms with van der Waals surface area (Å²) in [5, 5.41) is 0. The summed E-state index contributed by atoms with van der Waals surface area (Å²) >= 11 is 0. The topological polar surface area (TPSA) is 82.1 Å². The first-order valence-corrected chi connectivity index (χ1v) is 10.7. The van der Waals surface area contributed by atoms with Gasteiger partial charge >= 0.3 is 5.97 Å².